The highest BCUT2D eigenvalue weighted by molar-refractivity contribution is 7.99. The van der Waals surface area contributed by atoms with Crippen molar-refractivity contribution in [1.29, 1.82) is 0 Å². The molecule has 3 N–H and O–H groups in total. The van der Waals surface area contributed by atoms with Gasteiger partial charge in [0.2, 0.25) is 5.91 Å². The van der Waals surface area contributed by atoms with Crippen molar-refractivity contribution in [2.24, 2.45) is 7.05 Å². The Kier molecular flexibility index (Phi) is 5.46. The van der Waals surface area contributed by atoms with E-state index in [9.17, 15) is 4.79 Å². The lowest BCUT2D eigenvalue weighted by Crippen LogP contribution is -2.12. The van der Waals surface area contributed by atoms with E-state index in [1.165, 1.54) is 0 Å². The van der Waals surface area contributed by atoms with Gasteiger partial charge in [0, 0.05) is 24.9 Å². The molecule has 0 bridgehead atoms. The van der Waals surface area contributed by atoms with Crippen molar-refractivity contribution in [1.82, 2.24) is 14.8 Å². The molecule has 0 aliphatic rings. The molecule has 0 spiro atoms. The van der Waals surface area contributed by atoms with Crippen LogP contribution in [0.5, 0.6) is 0 Å². The third-order valence-electron chi connectivity index (χ3n) is 2.72. The first kappa shape index (κ1) is 15.7. The van der Waals surface area contributed by atoms with Crippen molar-refractivity contribution in [3.63, 3.8) is 0 Å². The third-order valence-corrected chi connectivity index (χ3v) is 4.15. The molecule has 0 unspecified atom stereocenters. The molecule has 1 aromatic carbocycles. The molecule has 6 nitrogen and oxygen atoms in total. The van der Waals surface area contributed by atoms with E-state index in [1.807, 2.05) is 11.6 Å². The van der Waals surface area contributed by atoms with Gasteiger partial charge in [-0.1, -0.05) is 23.4 Å². The average molecular weight is 326 g/mol. The third kappa shape index (κ3) is 4.64. The normalized spacial score (nSPS) is 10.6. The van der Waals surface area contributed by atoms with E-state index < -0.39 is 0 Å². The zero-order valence-corrected chi connectivity index (χ0v) is 13.1. The SMILES string of the molecule is Cn1cnnc1SCCCC(=O)Nc1ccc(N)cc1Cl. The fraction of sp³-hybridized carbons (Fsp3) is 0.308. The molecule has 0 saturated heterocycles. The van der Waals surface area contributed by atoms with Crippen LogP contribution in [-0.2, 0) is 11.8 Å². The number of rotatable bonds is 6. The van der Waals surface area contributed by atoms with Crippen molar-refractivity contribution in [2.75, 3.05) is 16.8 Å². The monoisotopic (exact) mass is 325 g/mol. The first-order chi connectivity index (χ1) is 10.1. The molecular weight excluding hydrogens is 310 g/mol. The van der Waals surface area contributed by atoms with Crippen molar-refractivity contribution in [2.45, 2.75) is 18.0 Å². The molecule has 1 heterocycles. The number of nitrogen functional groups attached to an aromatic ring is 1. The van der Waals surface area contributed by atoms with Gasteiger partial charge >= 0.3 is 0 Å². The van der Waals surface area contributed by atoms with Crippen molar-refractivity contribution < 1.29 is 4.79 Å². The van der Waals surface area contributed by atoms with E-state index in [4.69, 9.17) is 17.3 Å². The number of nitrogens with one attached hydrogen (secondary N) is 1. The Morgan fingerprint density at radius 3 is 3.00 bits per heavy atom. The molecule has 0 saturated carbocycles. The Labute approximate surface area is 132 Å². The molecule has 0 aliphatic heterocycles. The summed E-state index contributed by atoms with van der Waals surface area (Å²) < 4.78 is 1.85. The van der Waals surface area contributed by atoms with Crippen molar-refractivity contribution in [3.05, 3.63) is 29.5 Å². The first-order valence-electron chi connectivity index (χ1n) is 6.38. The number of thioether (sulfide) groups is 1. The number of aryl methyl sites for hydroxylation is 1. The van der Waals surface area contributed by atoms with E-state index in [-0.39, 0.29) is 5.91 Å². The minimum absolute atomic E-state index is 0.0692. The Morgan fingerprint density at radius 1 is 1.52 bits per heavy atom. The number of carbonyl (C=O) groups excluding carboxylic acids is 1. The Balaban J connectivity index is 1.73. The van der Waals surface area contributed by atoms with Crippen LogP contribution in [0.2, 0.25) is 5.02 Å². The van der Waals surface area contributed by atoms with Crippen LogP contribution in [0.1, 0.15) is 12.8 Å². The molecule has 2 rings (SSSR count). The number of halogens is 1. The lowest BCUT2D eigenvalue weighted by atomic mass is 10.2. The molecule has 1 amide bonds. The predicted octanol–water partition coefficient (Wildman–Crippen LogP) is 2.56. The number of benzene rings is 1. The summed E-state index contributed by atoms with van der Waals surface area (Å²) in [5.41, 5.74) is 6.75. The summed E-state index contributed by atoms with van der Waals surface area (Å²) in [5.74, 6) is 0.732. The lowest BCUT2D eigenvalue weighted by Gasteiger charge is -2.07. The first-order valence-corrected chi connectivity index (χ1v) is 7.74. The van der Waals surface area contributed by atoms with Crippen LogP contribution in [0.3, 0.4) is 0 Å². The van der Waals surface area contributed by atoms with Crippen LogP contribution in [-0.4, -0.2) is 26.4 Å². The van der Waals surface area contributed by atoms with E-state index in [2.05, 4.69) is 15.5 Å². The van der Waals surface area contributed by atoms with E-state index in [1.54, 1.807) is 36.3 Å². The van der Waals surface area contributed by atoms with E-state index in [0.29, 0.717) is 22.8 Å². The van der Waals surface area contributed by atoms with Crippen LogP contribution in [0, 0.1) is 0 Å². The number of nitrogens with zero attached hydrogens (tertiary/aromatic N) is 3. The summed E-state index contributed by atoms with van der Waals surface area (Å²) in [6, 6.07) is 5.01. The van der Waals surface area contributed by atoms with Crippen LogP contribution >= 0.6 is 23.4 Å². The number of hydrogen-bond donors (Lipinski definition) is 2. The minimum Gasteiger partial charge on any atom is -0.399 e. The highest BCUT2D eigenvalue weighted by atomic mass is 35.5. The standard InChI is InChI=1S/C13H16ClN5OS/c1-19-8-16-18-13(19)21-6-2-3-12(20)17-11-5-4-9(15)7-10(11)14/h4-5,7-8H,2-3,6,15H2,1H3,(H,17,20). The summed E-state index contributed by atoms with van der Waals surface area (Å²) in [6.45, 7) is 0. The molecule has 8 heteroatoms. The molecule has 21 heavy (non-hydrogen) atoms. The smallest absolute Gasteiger partial charge is 0.224 e. The largest absolute Gasteiger partial charge is 0.399 e. The second-order valence-electron chi connectivity index (χ2n) is 4.46. The van der Waals surface area contributed by atoms with Gasteiger partial charge in [0.25, 0.3) is 0 Å². The van der Waals surface area contributed by atoms with Gasteiger partial charge in [-0.2, -0.15) is 0 Å². The quantitative estimate of drug-likeness (QED) is 0.484. The summed E-state index contributed by atoms with van der Waals surface area (Å²) >= 11 is 7.58. The number of carbonyl (C=O) groups is 1. The van der Waals surface area contributed by atoms with Gasteiger partial charge in [-0.15, -0.1) is 10.2 Å². The van der Waals surface area contributed by atoms with Gasteiger partial charge in [0.15, 0.2) is 5.16 Å². The minimum atomic E-state index is -0.0692. The zero-order valence-electron chi connectivity index (χ0n) is 11.5. The topological polar surface area (TPSA) is 85.8 Å². The Hall–Kier alpha value is -1.73. The molecule has 1 aromatic heterocycles. The maximum absolute atomic E-state index is 11.8. The maximum atomic E-state index is 11.8. The second kappa shape index (κ2) is 7.33. The zero-order chi connectivity index (χ0) is 15.2. The fourth-order valence-corrected chi connectivity index (χ4v) is 2.71. The second-order valence-corrected chi connectivity index (χ2v) is 5.93. The predicted molar refractivity (Wildman–Crippen MR) is 85.5 cm³/mol. The molecule has 0 atom stereocenters. The highest BCUT2D eigenvalue weighted by Crippen LogP contribution is 2.24. The van der Waals surface area contributed by atoms with Crippen LogP contribution in [0.4, 0.5) is 11.4 Å². The number of aromatic nitrogens is 3. The molecule has 0 radical (unpaired) electrons. The Bertz CT molecular complexity index is 631. The van der Waals surface area contributed by atoms with Crippen molar-refractivity contribution >= 4 is 40.6 Å². The number of nitrogens with two attached hydrogens (primary N) is 1. The summed E-state index contributed by atoms with van der Waals surface area (Å²) in [6.07, 6.45) is 2.82. The molecular formula is C13H16ClN5OS. The summed E-state index contributed by atoms with van der Waals surface area (Å²) in [4.78, 5) is 11.8. The average Bonchev–Trinajstić information content (AvgIpc) is 2.84. The number of amides is 1. The fourth-order valence-electron chi connectivity index (χ4n) is 1.64. The van der Waals surface area contributed by atoms with E-state index >= 15 is 0 Å². The van der Waals surface area contributed by atoms with Gasteiger partial charge < -0.3 is 15.6 Å². The molecule has 2 aromatic rings. The number of anilines is 2. The van der Waals surface area contributed by atoms with Crippen LogP contribution in [0.25, 0.3) is 0 Å². The van der Waals surface area contributed by atoms with Gasteiger partial charge in [-0.05, 0) is 24.6 Å². The van der Waals surface area contributed by atoms with Crippen LogP contribution < -0.4 is 11.1 Å². The summed E-state index contributed by atoms with van der Waals surface area (Å²) in [7, 11) is 1.89. The molecule has 112 valence electrons. The van der Waals surface area contributed by atoms with Crippen LogP contribution in [0.15, 0.2) is 29.7 Å². The highest BCUT2D eigenvalue weighted by Gasteiger charge is 2.07. The Morgan fingerprint density at radius 2 is 2.33 bits per heavy atom. The van der Waals surface area contributed by atoms with Crippen molar-refractivity contribution in [3.8, 4) is 0 Å². The van der Waals surface area contributed by atoms with Gasteiger partial charge in [0.05, 0.1) is 10.7 Å². The number of hydrogen-bond acceptors (Lipinski definition) is 5. The maximum Gasteiger partial charge on any atom is 0.224 e. The summed E-state index contributed by atoms with van der Waals surface area (Å²) in [5, 5.41) is 11.8. The van der Waals surface area contributed by atoms with Gasteiger partial charge in [-0.3, -0.25) is 4.79 Å². The van der Waals surface area contributed by atoms with Gasteiger partial charge in [-0.25, -0.2) is 0 Å². The lowest BCUT2D eigenvalue weighted by molar-refractivity contribution is -0.116. The molecule has 0 aliphatic carbocycles. The van der Waals surface area contributed by atoms with Gasteiger partial charge in [0.1, 0.15) is 6.33 Å². The molecule has 0 fully saturated rings. The van der Waals surface area contributed by atoms with E-state index in [0.717, 1.165) is 17.3 Å².